The molecule has 0 saturated carbocycles. The fourth-order valence-electron chi connectivity index (χ4n) is 1.32. The largest absolute Gasteiger partial charge is 0.352 e. The van der Waals surface area contributed by atoms with E-state index in [1.165, 1.54) is 6.92 Å². The molecule has 2 aromatic rings. The minimum Gasteiger partial charge on any atom is -0.352 e. The third-order valence-electron chi connectivity index (χ3n) is 2.04. The van der Waals surface area contributed by atoms with Crippen molar-refractivity contribution in [1.29, 1.82) is 0 Å². The van der Waals surface area contributed by atoms with E-state index in [1.54, 1.807) is 6.07 Å². The molecule has 0 bridgehead atoms. The Balaban J connectivity index is 2.72. The summed E-state index contributed by atoms with van der Waals surface area (Å²) in [6.45, 7) is 1.53. The van der Waals surface area contributed by atoms with Crippen LogP contribution in [0.1, 0.15) is 17.4 Å². The molecule has 0 atom stereocenters. The van der Waals surface area contributed by atoms with Gasteiger partial charge in [0.1, 0.15) is 0 Å². The van der Waals surface area contributed by atoms with Crippen LogP contribution in [0.4, 0.5) is 0 Å². The van der Waals surface area contributed by atoms with Gasteiger partial charge in [-0.3, -0.25) is 4.79 Å². The van der Waals surface area contributed by atoms with E-state index in [1.807, 2.05) is 12.1 Å². The molecule has 0 saturated heterocycles. The first-order chi connectivity index (χ1) is 6.58. The number of aromatic amines is 1. The van der Waals surface area contributed by atoms with Gasteiger partial charge < -0.3 is 4.98 Å². The molecule has 1 aromatic carbocycles. The van der Waals surface area contributed by atoms with E-state index in [9.17, 15) is 4.79 Å². The second kappa shape index (κ2) is 3.41. The Morgan fingerprint density at radius 2 is 2.14 bits per heavy atom. The van der Waals surface area contributed by atoms with E-state index in [2.05, 4.69) is 20.9 Å². The summed E-state index contributed by atoms with van der Waals surface area (Å²) in [5, 5.41) is 1.59. The van der Waals surface area contributed by atoms with Gasteiger partial charge in [-0.1, -0.05) is 11.6 Å². The molecule has 72 valence electrons. The standard InChI is InChI=1S/C10H7BrClNO/c1-5(14)9-3-6-2-8(12)7(11)4-10(6)13-9/h2-4,13H,1H3. The zero-order valence-corrected chi connectivity index (χ0v) is 9.74. The van der Waals surface area contributed by atoms with Gasteiger partial charge in [0.15, 0.2) is 5.78 Å². The molecule has 2 nitrogen and oxygen atoms in total. The number of carbonyl (C=O) groups is 1. The molecule has 0 fully saturated rings. The summed E-state index contributed by atoms with van der Waals surface area (Å²) in [5.74, 6) is 0.0217. The number of aromatic nitrogens is 1. The van der Waals surface area contributed by atoms with E-state index < -0.39 is 0 Å². The number of nitrogens with one attached hydrogen (secondary N) is 1. The summed E-state index contributed by atoms with van der Waals surface area (Å²) in [5.41, 5.74) is 1.51. The number of hydrogen-bond donors (Lipinski definition) is 1. The van der Waals surface area contributed by atoms with Crippen LogP contribution in [0.3, 0.4) is 0 Å². The molecule has 1 N–H and O–H groups in total. The van der Waals surface area contributed by atoms with Crippen LogP contribution in [-0.4, -0.2) is 10.8 Å². The molecule has 0 unspecified atom stereocenters. The molecule has 0 spiro atoms. The van der Waals surface area contributed by atoms with Crippen LogP contribution < -0.4 is 0 Å². The first-order valence-electron chi connectivity index (χ1n) is 4.06. The maximum absolute atomic E-state index is 11.1. The van der Waals surface area contributed by atoms with Gasteiger partial charge in [-0.25, -0.2) is 0 Å². The van der Waals surface area contributed by atoms with Crippen molar-refractivity contribution in [2.24, 2.45) is 0 Å². The summed E-state index contributed by atoms with van der Waals surface area (Å²) < 4.78 is 0.823. The average molecular weight is 273 g/mol. The van der Waals surface area contributed by atoms with Crippen molar-refractivity contribution in [3.8, 4) is 0 Å². The number of hydrogen-bond acceptors (Lipinski definition) is 1. The number of ketones is 1. The van der Waals surface area contributed by atoms with Crippen molar-refractivity contribution in [2.75, 3.05) is 0 Å². The van der Waals surface area contributed by atoms with Crippen LogP contribution in [0, 0.1) is 0 Å². The molecule has 0 amide bonds. The van der Waals surface area contributed by atoms with Crippen LogP contribution in [0.2, 0.25) is 5.02 Å². The smallest absolute Gasteiger partial charge is 0.175 e. The highest BCUT2D eigenvalue weighted by Crippen LogP contribution is 2.28. The van der Waals surface area contributed by atoms with E-state index >= 15 is 0 Å². The minimum absolute atomic E-state index is 0.0217. The van der Waals surface area contributed by atoms with Crippen molar-refractivity contribution in [1.82, 2.24) is 4.98 Å². The Morgan fingerprint density at radius 3 is 2.79 bits per heavy atom. The second-order valence-corrected chi connectivity index (χ2v) is 4.35. The maximum atomic E-state index is 11.1. The lowest BCUT2D eigenvalue weighted by atomic mass is 10.2. The Hall–Kier alpha value is -0.800. The summed E-state index contributed by atoms with van der Waals surface area (Å²) in [7, 11) is 0. The highest BCUT2D eigenvalue weighted by molar-refractivity contribution is 9.10. The van der Waals surface area contributed by atoms with E-state index in [-0.39, 0.29) is 5.78 Å². The van der Waals surface area contributed by atoms with Gasteiger partial charge in [-0.05, 0) is 34.1 Å². The first kappa shape index (κ1) is 9.74. The lowest BCUT2D eigenvalue weighted by Gasteiger charge is -1.94. The third-order valence-corrected chi connectivity index (χ3v) is 3.24. The highest BCUT2D eigenvalue weighted by atomic mass is 79.9. The molecule has 0 aliphatic rings. The molecule has 14 heavy (non-hydrogen) atoms. The monoisotopic (exact) mass is 271 g/mol. The lowest BCUT2D eigenvalue weighted by molar-refractivity contribution is 0.101. The van der Waals surface area contributed by atoms with Gasteiger partial charge in [-0.2, -0.15) is 0 Å². The minimum atomic E-state index is 0.0217. The highest BCUT2D eigenvalue weighted by Gasteiger charge is 2.06. The van der Waals surface area contributed by atoms with Crippen LogP contribution >= 0.6 is 27.5 Å². The van der Waals surface area contributed by atoms with Crippen LogP contribution in [0.15, 0.2) is 22.7 Å². The van der Waals surface area contributed by atoms with Crippen LogP contribution in [0.5, 0.6) is 0 Å². The molecule has 0 radical (unpaired) electrons. The number of carbonyl (C=O) groups excluding carboxylic acids is 1. The van der Waals surface area contributed by atoms with E-state index in [0.29, 0.717) is 10.7 Å². The van der Waals surface area contributed by atoms with Gasteiger partial charge in [0.2, 0.25) is 0 Å². The second-order valence-electron chi connectivity index (χ2n) is 3.09. The van der Waals surface area contributed by atoms with Gasteiger partial charge in [-0.15, -0.1) is 0 Å². The van der Waals surface area contributed by atoms with Crippen molar-refractivity contribution in [2.45, 2.75) is 6.92 Å². The number of Topliss-reactive ketones (excluding diaryl/α,β-unsaturated/α-hetero) is 1. The average Bonchev–Trinajstić information content (AvgIpc) is 2.48. The molecule has 0 aliphatic heterocycles. The van der Waals surface area contributed by atoms with Crippen molar-refractivity contribution in [3.63, 3.8) is 0 Å². The lowest BCUT2D eigenvalue weighted by Crippen LogP contribution is -1.89. The summed E-state index contributed by atoms with van der Waals surface area (Å²) in [6, 6.07) is 5.49. The zero-order valence-electron chi connectivity index (χ0n) is 7.40. The Kier molecular flexibility index (Phi) is 2.37. The maximum Gasteiger partial charge on any atom is 0.175 e. The van der Waals surface area contributed by atoms with Crippen LogP contribution in [-0.2, 0) is 0 Å². The van der Waals surface area contributed by atoms with Gasteiger partial charge in [0.05, 0.1) is 10.7 Å². The van der Waals surface area contributed by atoms with Gasteiger partial charge in [0.25, 0.3) is 0 Å². The van der Waals surface area contributed by atoms with Crippen LogP contribution in [0.25, 0.3) is 10.9 Å². The van der Waals surface area contributed by atoms with Gasteiger partial charge >= 0.3 is 0 Å². The summed E-state index contributed by atoms with van der Waals surface area (Å²) >= 11 is 9.26. The summed E-state index contributed by atoms with van der Waals surface area (Å²) in [4.78, 5) is 14.1. The molecule has 1 aromatic heterocycles. The summed E-state index contributed by atoms with van der Waals surface area (Å²) in [6.07, 6.45) is 0. The Labute approximate surface area is 94.4 Å². The Morgan fingerprint density at radius 1 is 1.43 bits per heavy atom. The molecule has 0 aliphatic carbocycles. The molecule has 4 heteroatoms. The van der Waals surface area contributed by atoms with Crippen molar-refractivity contribution in [3.05, 3.63) is 33.4 Å². The van der Waals surface area contributed by atoms with E-state index in [0.717, 1.165) is 15.4 Å². The number of rotatable bonds is 1. The SMILES string of the molecule is CC(=O)c1cc2cc(Cl)c(Br)cc2[nH]1. The fourth-order valence-corrected chi connectivity index (χ4v) is 1.83. The predicted molar refractivity (Wildman–Crippen MR) is 61.0 cm³/mol. The molecular formula is C10H7BrClNO. The predicted octanol–water partition coefficient (Wildman–Crippen LogP) is 3.79. The number of H-pyrrole nitrogens is 1. The third kappa shape index (κ3) is 1.57. The number of benzene rings is 1. The quantitative estimate of drug-likeness (QED) is 0.787. The molecule has 2 rings (SSSR count). The Bertz CT molecular complexity index is 479. The number of halogens is 2. The first-order valence-corrected chi connectivity index (χ1v) is 5.24. The fraction of sp³-hybridized carbons (Fsp3) is 0.100. The normalized spacial score (nSPS) is 10.8. The van der Waals surface area contributed by atoms with Crippen molar-refractivity contribution >= 4 is 44.2 Å². The number of fused-ring (bicyclic) bond motifs is 1. The van der Waals surface area contributed by atoms with Crippen molar-refractivity contribution < 1.29 is 4.79 Å². The van der Waals surface area contributed by atoms with E-state index in [4.69, 9.17) is 11.6 Å². The zero-order chi connectivity index (χ0) is 10.3. The topological polar surface area (TPSA) is 32.9 Å². The van der Waals surface area contributed by atoms with Gasteiger partial charge in [0, 0.05) is 22.3 Å². The molecule has 1 heterocycles. The molecular weight excluding hydrogens is 265 g/mol.